The van der Waals surface area contributed by atoms with Crippen molar-refractivity contribution in [1.29, 1.82) is 0 Å². The number of rotatable bonds is 10. The fourth-order valence-electron chi connectivity index (χ4n) is 4.96. The first kappa shape index (κ1) is 27.9. The maximum Gasteiger partial charge on any atom is 0.416 e. The lowest BCUT2D eigenvalue weighted by Gasteiger charge is -2.34. The van der Waals surface area contributed by atoms with E-state index in [2.05, 4.69) is 21.2 Å². The third-order valence-electron chi connectivity index (χ3n) is 6.98. The van der Waals surface area contributed by atoms with E-state index in [1.165, 1.54) is 6.07 Å². The van der Waals surface area contributed by atoms with Crippen LogP contribution in [0.25, 0.3) is 0 Å². The number of halogens is 3. The molecule has 2 fully saturated rings. The van der Waals surface area contributed by atoms with Gasteiger partial charge in [-0.15, -0.1) is 0 Å². The van der Waals surface area contributed by atoms with Gasteiger partial charge in [-0.25, -0.2) is 0 Å². The summed E-state index contributed by atoms with van der Waals surface area (Å²) in [4.78, 5) is 30.2. The Morgan fingerprint density at radius 2 is 1.82 bits per heavy atom. The number of hydrogen-bond acceptors (Lipinski definition) is 5. The van der Waals surface area contributed by atoms with Crippen LogP contribution in [0.1, 0.15) is 29.5 Å². The number of nitrogens with one attached hydrogen (secondary N) is 1. The standard InChI is InChI=1S/C28H35F3N4O3/c1-33(20-24-8-9-26(36)32-24)19-22-5-3-7-25(17-22)38-15-14-34-10-12-35(13-11-34)27(37)18-21-4-2-6-23(16-21)28(29,30)31/h2-7,16-17,24H,8-15,18-20H2,1H3,(H,32,36). The van der Waals surface area contributed by atoms with Gasteiger partial charge in [0, 0.05) is 58.3 Å². The minimum Gasteiger partial charge on any atom is -0.492 e. The number of hydrogen-bond donors (Lipinski definition) is 1. The van der Waals surface area contributed by atoms with Crippen LogP contribution in [0, 0.1) is 0 Å². The van der Waals surface area contributed by atoms with Crippen LogP contribution < -0.4 is 10.1 Å². The van der Waals surface area contributed by atoms with E-state index in [1.54, 1.807) is 11.0 Å². The summed E-state index contributed by atoms with van der Waals surface area (Å²) in [5, 5.41) is 3.00. The molecule has 0 bridgehead atoms. The molecule has 1 N–H and O–H groups in total. The van der Waals surface area contributed by atoms with Gasteiger partial charge in [0.25, 0.3) is 0 Å². The average molecular weight is 533 g/mol. The van der Waals surface area contributed by atoms with E-state index in [4.69, 9.17) is 4.74 Å². The second-order valence-electron chi connectivity index (χ2n) is 10.1. The van der Waals surface area contributed by atoms with Crippen molar-refractivity contribution in [3.63, 3.8) is 0 Å². The smallest absolute Gasteiger partial charge is 0.416 e. The van der Waals surface area contributed by atoms with Crippen molar-refractivity contribution in [3.05, 3.63) is 65.2 Å². The topological polar surface area (TPSA) is 65.1 Å². The third kappa shape index (κ3) is 8.19. The predicted octanol–water partition coefficient (Wildman–Crippen LogP) is 3.18. The molecular formula is C28H35F3N4O3. The lowest BCUT2D eigenvalue weighted by molar-refractivity contribution is -0.138. The number of carbonyl (C=O) groups is 2. The number of piperazine rings is 1. The SMILES string of the molecule is CN(Cc1cccc(OCCN2CCN(C(=O)Cc3cccc(C(F)(F)F)c3)CC2)c1)CC1CCC(=O)N1. The summed E-state index contributed by atoms with van der Waals surface area (Å²) < 4.78 is 44.8. The Labute approximate surface area is 221 Å². The van der Waals surface area contributed by atoms with Crippen LogP contribution in [0.5, 0.6) is 5.75 Å². The van der Waals surface area contributed by atoms with Gasteiger partial charge in [-0.2, -0.15) is 13.2 Å². The molecule has 1 atom stereocenters. The van der Waals surface area contributed by atoms with Crippen LogP contribution in [0.15, 0.2) is 48.5 Å². The fraction of sp³-hybridized carbons (Fsp3) is 0.500. The summed E-state index contributed by atoms with van der Waals surface area (Å²) in [6.45, 7) is 5.29. The maximum atomic E-state index is 12.9. The summed E-state index contributed by atoms with van der Waals surface area (Å²) in [5.74, 6) is 0.777. The number of alkyl halides is 3. The highest BCUT2D eigenvalue weighted by Gasteiger charge is 2.31. The molecule has 0 aliphatic carbocycles. The maximum absolute atomic E-state index is 12.9. The van der Waals surface area contributed by atoms with Crippen LogP contribution in [0.2, 0.25) is 0 Å². The summed E-state index contributed by atoms with van der Waals surface area (Å²) in [7, 11) is 2.04. The number of ether oxygens (including phenoxy) is 1. The van der Waals surface area contributed by atoms with Gasteiger partial charge in [0.15, 0.2) is 0 Å². The number of likely N-dealkylation sites (N-methyl/N-ethyl adjacent to an activating group) is 1. The lowest BCUT2D eigenvalue weighted by atomic mass is 10.1. The molecule has 2 heterocycles. The van der Waals surface area contributed by atoms with Crippen molar-refractivity contribution in [2.24, 2.45) is 0 Å². The van der Waals surface area contributed by atoms with Crippen molar-refractivity contribution < 1.29 is 27.5 Å². The molecular weight excluding hydrogens is 497 g/mol. The van der Waals surface area contributed by atoms with Crippen LogP contribution in [-0.2, 0) is 28.7 Å². The Morgan fingerprint density at radius 1 is 1.08 bits per heavy atom. The second-order valence-corrected chi connectivity index (χ2v) is 10.1. The first-order valence-electron chi connectivity index (χ1n) is 13.0. The van der Waals surface area contributed by atoms with Crippen molar-refractivity contribution >= 4 is 11.8 Å². The molecule has 0 spiro atoms. The zero-order chi connectivity index (χ0) is 27.1. The van der Waals surface area contributed by atoms with Gasteiger partial charge in [0.2, 0.25) is 11.8 Å². The van der Waals surface area contributed by atoms with Crippen molar-refractivity contribution in [1.82, 2.24) is 20.0 Å². The summed E-state index contributed by atoms with van der Waals surface area (Å²) in [6.07, 6.45) is -2.97. The Balaban J connectivity index is 1.16. The van der Waals surface area contributed by atoms with Gasteiger partial charge >= 0.3 is 6.18 Å². The largest absolute Gasteiger partial charge is 0.492 e. The number of benzene rings is 2. The van der Waals surface area contributed by atoms with E-state index >= 15 is 0 Å². The molecule has 38 heavy (non-hydrogen) atoms. The molecule has 0 saturated carbocycles. The molecule has 10 heteroatoms. The summed E-state index contributed by atoms with van der Waals surface area (Å²) in [5.41, 5.74) is 0.783. The molecule has 2 saturated heterocycles. The van der Waals surface area contributed by atoms with Gasteiger partial charge in [-0.3, -0.25) is 14.5 Å². The van der Waals surface area contributed by atoms with Crippen LogP contribution >= 0.6 is 0 Å². The van der Waals surface area contributed by atoms with E-state index in [0.717, 1.165) is 49.5 Å². The molecule has 1 unspecified atom stereocenters. The number of nitrogens with zero attached hydrogens (tertiary/aromatic N) is 3. The van der Waals surface area contributed by atoms with E-state index in [0.29, 0.717) is 44.8 Å². The van der Waals surface area contributed by atoms with Gasteiger partial charge < -0.3 is 19.9 Å². The molecule has 4 rings (SSSR count). The highest BCUT2D eigenvalue weighted by Crippen LogP contribution is 2.29. The van der Waals surface area contributed by atoms with Gasteiger partial charge in [-0.1, -0.05) is 30.3 Å². The third-order valence-corrected chi connectivity index (χ3v) is 6.98. The Kier molecular flexibility index (Phi) is 9.27. The van der Waals surface area contributed by atoms with E-state index < -0.39 is 11.7 Å². The number of carbonyl (C=O) groups excluding carboxylic acids is 2. The van der Waals surface area contributed by atoms with Crippen LogP contribution in [-0.4, -0.2) is 85.5 Å². The van der Waals surface area contributed by atoms with Crippen molar-refractivity contribution in [2.75, 3.05) is 52.9 Å². The zero-order valence-electron chi connectivity index (χ0n) is 21.7. The Hall–Kier alpha value is -3.11. The Bertz CT molecular complexity index is 1100. The van der Waals surface area contributed by atoms with Crippen LogP contribution in [0.3, 0.4) is 0 Å². The van der Waals surface area contributed by atoms with E-state index in [1.807, 2.05) is 25.2 Å². The van der Waals surface area contributed by atoms with Crippen molar-refractivity contribution in [3.8, 4) is 5.75 Å². The predicted molar refractivity (Wildman–Crippen MR) is 138 cm³/mol. The highest BCUT2D eigenvalue weighted by molar-refractivity contribution is 5.79. The monoisotopic (exact) mass is 532 g/mol. The molecule has 0 radical (unpaired) electrons. The fourth-order valence-corrected chi connectivity index (χ4v) is 4.96. The molecule has 0 aromatic heterocycles. The molecule has 2 amide bonds. The molecule has 2 aromatic carbocycles. The highest BCUT2D eigenvalue weighted by atomic mass is 19.4. The molecule has 7 nitrogen and oxygen atoms in total. The molecule has 206 valence electrons. The molecule has 2 aliphatic rings. The first-order valence-corrected chi connectivity index (χ1v) is 13.0. The van der Waals surface area contributed by atoms with Crippen LogP contribution in [0.4, 0.5) is 13.2 Å². The van der Waals surface area contributed by atoms with Gasteiger partial charge in [0.05, 0.1) is 12.0 Å². The normalized spacial score (nSPS) is 18.6. The molecule has 2 aliphatic heterocycles. The van der Waals surface area contributed by atoms with Gasteiger partial charge in [-0.05, 0) is 42.8 Å². The van der Waals surface area contributed by atoms with Crippen molar-refractivity contribution in [2.45, 2.75) is 38.0 Å². The second kappa shape index (κ2) is 12.6. The van der Waals surface area contributed by atoms with Gasteiger partial charge in [0.1, 0.15) is 12.4 Å². The quantitative estimate of drug-likeness (QED) is 0.509. The molecule has 2 aromatic rings. The number of amides is 2. The lowest BCUT2D eigenvalue weighted by Crippen LogP contribution is -2.49. The van der Waals surface area contributed by atoms with E-state index in [9.17, 15) is 22.8 Å². The van der Waals surface area contributed by atoms with E-state index in [-0.39, 0.29) is 24.3 Å². The first-order chi connectivity index (χ1) is 18.2. The minimum atomic E-state index is -4.42. The summed E-state index contributed by atoms with van der Waals surface area (Å²) >= 11 is 0. The summed E-state index contributed by atoms with van der Waals surface area (Å²) in [6, 6.07) is 13.2. The average Bonchev–Trinajstić information content (AvgIpc) is 3.28. The zero-order valence-corrected chi connectivity index (χ0v) is 21.7. The minimum absolute atomic E-state index is 0.0339. The Morgan fingerprint density at radius 3 is 2.53 bits per heavy atom.